The van der Waals surface area contributed by atoms with Crippen molar-refractivity contribution in [2.45, 2.75) is 134 Å². The zero-order valence-corrected chi connectivity index (χ0v) is 35.4. The molecule has 0 saturated carbocycles. The second-order valence-electron chi connectivity index (χ2n) is 17.5. The van der Waals surface area contributed by atoms with Gasteiger partial charge in [-0.2, -0.15) is 0 Å². The van der Waals surface area contributed by atoms with Crippen LogP contribution < -0.4 is 20.7 Å². The lowest BCUT2D eigenvalue weighted by atomic mass is 9.98. The van der Waals surface area contributed by atoms with E-state index in [1.165, 1.54) is 21.6 Å². The van der Waals surface area contributed by atoms with Crippen LogP contribution in [0.15, 0.2) is 42.5 Å². The van der Waals surface area contributed by atoms with Gasteiger partial charge >= 0.3 is 5.97 Å². The fraction of sp³-hybridized carbons (Fsp3) is 0.578. The molecule has 2 aromatic rings. The maximum Gasteiger partial charge on any atom is 0.329 e. The van der Waals surface area contributed by atoms with Crippen LogP contribution in [-0.4, -0.2) is 136 Å². The van der Waals surface area contributed by atoms with Gasteiger partial charge in [0.15, 0.2) is 0 Å². The Kier molecular flexibility index (Phi) is 13.3. The molecular formula is C45H58N6O10. The Morgan fingerprint density at radius 1 is 0.869 bits per heavy atom. The number of aliphatic hydroxyl groups excluding tert-OH is 1. The SMILES string of the molecule is Cc1cccc(C[C@H](NC(=O)Cc2ccc3c(c2)OCCC3)C(=O)N[C@@H]2C(=O)N3C[C@H](O)C[C@H]3C(=O)N3CCCC[C@H]3C(=O)N[C@@H](C)C(=O)N3C[C@H](C)C[C@H]3C(=O)O[C@H]2C)c1. The van der Waals surface area contributed by atoms with Crippen LogP contribution in [0.2, 0.25) is 0 Å². The third-order valence-electron chi connectivity index (χ3n) is 12.6. The summed E-state index contributed by atoms with van der Waals surface area (Å²) in [6, 6.07) is 6.15. The first-order valence-electron chi connectivity index (χ1n) is 21.7. The highest BCUT2D eigenvalue weighted by atomic mass is 16.5. The molecule has 4 fully saturated rings. The molecule has 4 N–H and O–H groups in total. The van der Waals surface area contributed by atoms with Crippen molar-refractivity contribution in [1.82, 2.24) is 30.7 Å². The smallest absolute Gasteiger partial charge is 0.329 e. The highest BCUT2D eigenvalue weighted by Gasteiger charge is 2.49. The Morgan fingerprint density at radius 2 is 1.66 bits per heavy atom. The third-order valence-corrected chi connectivity index (χ3v) is 12.6. The first kappa shape index (κ1) is 43.6. The van der Waals surface area contributed by atoms with E-state index >= 15 is 0 Å². The summed E-state index contributed by atoms with van der Waals surface area (Å²) in [6.07, 6.45) is 1.13. The Balaban J connectivity index is 1.20. The highest BCUT2D eigenvalue weighted by Crippen LogP contribution is 2.30. The number of aliphatic hydroxyl groups is 1. The molecule has 0 bridgehead atoms. The number of benzene rings is 2. The molecule has 4 saturated heterocycles. The van der Waals surface area contributed by atoms with E-state index in [1.807, 2.05) is 56.3 Å². The number of carbonyl (C=O) groups is 7. The van der Waals surface area contributed by atoms with Crippen LogP contribution in [0, 0.1) is 12.8 Å². The summed E-state index contributed by atoms with van der Waals surface area (Å²) in [5.41, 5.74) is 3.44. The monoisotopic (exact) mass is 842 g/mol. The summed E-state index contributed by atoms with van der Waals surface area (Å²) in [4.78, 5) is 103. The van der Waals surface area contributed by atoms with Crippen LogP contribution in [0.1, 0.15) is 81.5 Å². The van der Waals surface area contributed by atoms with E-state index in [4.69, 9.17) is 9.47 Å². The average Bonchev–Trinajstić information content (AvgIpc) is 3.83. The molecule has 0 aliphatic carbocycles. The van der Waals surface area contributed by atoms with Crippen molar-refractivity contribution < 1.29 is 48.1 Å². The van der Waals surface area contributed by atoms with Gasteiger partial charge in [0.1, 0.15) is 48.1 Å². The van der Waals surface area contributed by atoms with Gasteiger partial charge in [-0.15, -0.1) is 0 Å². The molecular weight excluding hydrogens is 785 g/mol. The average molecular weight is 843 g/mol. The van der Waals surface area contributed by atoms with Gasteiger partial charge in [0, 0.05) is 32.5 Å². The normalized spacial score (nSPS) is 29.0. The summed E-state index contributed by atoms with van der Waals surface area (Å²) in [5.74, 6) is -3.69. The molecule has 2 aromatic carbocycles. The largest absolute Gasteiger partial charge is 0.493 e. The molecule has 0 radical (unpaired) electrons. The maximum absolute atomic E-state index is 14.9. The predicted octanol–water partition coefficient (Wildman–Crippen LogP) is 1.10. The molecule has 16 heteroatoms. The molecule has 0 aromatic heterocycles. The number of nitrogens with one attached hydrogen (secondary N) is 3. The first-order valence-corrected chi connectivity index (χ1v) is 21.7. The van der Waals surface area contributed by atoms with Crippen molar-refractivity contribution in [3.8, 4) is 5.75 Å². The summed E-state index contributed by atoms with van der Waals surface area (Å²) >= 11 is 0. The minimum absolute atomic E-state index is 0.0523. The second-order valence-corrected chi connectivity index (χ2v) is 17.5. The Morgan fingerprint density at radius 3 is 2.44 bits per heavy atom. The summed E-state index contributed by atoms with van der Waals surface area (Å²) < 4.78 is 11.8. The molecule has 5 aliphatic heterocycles. The van der Waals surface area contributed by atoms with E-state index in [0.717, 1.165) is 35.3 Å². The lowest BCUT2D eigenvalue weighted by molar-refractivity contribution is -0.163. The topological polar surface area (TPSA) is 204 Å². The van der Waals surface area contributed by atoms with Crippen molar-refractivity contribution in [3.63, 3.8) is 0 Å². The Labute approximate surface area is 356 Å². The number of ether oxygens (including phenoxy) is 2. The number of amides is 6. The van der Waals surface area contributed by atoms with Gasteiger partial charge in [-0.25, -0.2) is 4.79 Å². The number of hydrogen-bond acceptors (Lipinski definition) is 10. The number of nitrogens with zero attached hydrogens (tertiary/aromatic N) is 3. The van der Waals surface area contributed by atoms with E-state index in [1.54, 1.807) is 6.92 Å². The van der Waals surface area contributed by atoms with E-state index in [2.05, 4.69) is 16.0 Å². The number of aryl methyl sites for hydroxylation is 2. The number of carbonyl (C=O) groups excluding carboxylic acids is 7. The van der Waals surface area contributed by atoms with Gasteiger partial charge in [0.25, 0.3) is 0 Å². The van der Waals surface area contributed by atoms with Gasteiger partial charge in [0.2, 0.25) is 35.4 Å². The number of piperidine rings is 1. The standard InChI is InChI=1S/C45H58N6O10/c1-25-9-7-10-29(17-25)19-33(47-38(53)21-30-13-14-31-11-8-16-60-37(31)20-30)40(54)48-39-28(4)61-45(59)36-18-26(2)23-50(36)42(56)27(3)46-41(55)34-12-5-6-15-49(34)43(57)35-22-32(52)24-51(35)44(39)58/h7,9-10,13-14,17,20,26-28,32-36,39,52H,5-6,8,11-12,15-16,18-19,21-24H2,1-4H3,(H,46,55)(H,47,53)(H,48,54)/t26-,27+,28+,32-,33+,34+,35+,36+,39+/m1/s1. The molecule has 0 unspecified atom stereocenters. The quantitative estimate of drug-likeness (QED) is 0.293. The molecule has 5 aliphatic rings. The number of fused-ring (bicyclic) bond motifs is 4. The molecule has 5 heterocycles. The van der Waals surface area contributed by atoms with Crippen LogP contribution in [0.4, 0.5) is 0 Å². The summed E-state index contributed by atoms with van der Waals surface area (Å²) in [5, 5.41) is 19.4. The van der Waals surface area contributed by atoms with Gasteiger partial charge in [-0.1, -0.05) is 48.9 Å². The first-order chi connectivity index (χ1) is 29.2. The minimum atomic E-state index is -1.58. The van der Waals surface area contributed by atoms with Crippen molar-refractivity contribution in [1.29, 1.82) is 0 Å². The lowest BCUT2D eigenvalue weighted by Crippen LogP contribution is -2.63. The van der Waals surface area contributed by atoms with Crippen molar-refractivity contribution in [2.75, 3.05) is 26.2 Å². The van der Waals surface area contributed by atoms with Crippen LogP contribution in [0.3, 0.4) is 0 Å². The number of hydrogen-bond donors (Lipinski definition) is 4. The molecule has 16 nitrogen and oxygen atoms in total. The predicted molar refractivity (Wildman–Crippen MR) is 221 cm³/mol. The fourth-order valence-electron chi connectivity index (χ4n) is 9.44. The zero-order chi connectivity index (χ0) is 43.5. The third kappa shape index (κ3) is 9.84. The van der Waals surface area contributed by atoms with Crippen molar-refractivity contribution in [2.24, 2.45) is 5.92 Å². The molecule has 9 atom stereocenters. The Hall–Kier alpha value is -5.51. The Bertz CT molecular complexity index is 2040. The molecule has 61 heavy (non-hydrogen) atoms. The number of esters is 1. The van der Waals surface area contributed by atoms with Crippen LogP contribution in [0.25, 0.3) is 0 Å². The van der Waals surface area contributed by atoms with E-state index < -0.39 is 89.9 Å². The van der Waals surface area contributed by atoms with E-state index in [-0.39, 0.29) is 51.2 Å². The molecule has 6 amide bonds. The van der Waals surface area contributed by atoms with Crippen LogP contribution in [0.5, 0.6) is 5.75 Å². The minimum Gasteiger partial charge on any atom is -0.493 e. The van der Waals surface area contributed by atoms with Crippen LogP contribution >= 0.6 is 0 Å². The lowest BCUT2D eigenvalue weighted by Gasteiger charge is -2.39. The van der Waals surface area contributed by atoms with Gasteiger partial charge in [-0.3, -0.25) is 28.8 Å². The molecule has 328 valence electrons. The molecule has 7 rings (SSSR count). The van der Waals surface area contributed by atoms with E-state index in [9.17, 15) is 38.7 Å². The van der Waals surface area contributed by atoms with Gasteiger partial charge in [0.05, 0.1) is 19.1 Å². The van der Waals surface area contributed by atoms with Crippen LogP contribution in [-0.2, 0) is 57.6 Å². The van der Waals surface area contributed by atoms with Crippen molar-refractivity contribution >= 4 is 41.4 Å². The maximum atomic E-state index is 14.9. The summed E-state index contributed by atoms with van der Waals surface area (Å²) in [7, 11) is 0. The summed E-state index contributed by atoms with van der Waals surface area (Å²) in [6.45, 7) is 7.59. The van der Waals surface area contributed by atoms with Gasteiger partial charge in [-0.05, 0) is 88.0 Å². The second kappa shape index (κ2) is 18.6. The highest BCUT2D eigenvalue weighted by molar-refractivity contribution is 5.98. The zero-order valence-electron chi connectivity index (χ0n) is 35.4. The van der Waals surface area contributed by atoms with Crippen molar-refractivity contribution in [3.05, 3.63) is 64.7 Å². The number of rotatable bonds is 7. The fourth-order valence-corrected chi connectivity index (χ4v) is 9.44. The van der Waals surface area contributed by atoms with E-state index in [0.29, 0.717) is 31.4 Å². The van der Waals surface area contributed by atoms with Gasteiger partial charge < -0.3 is 45.2 Å². The molecule has 0 spiro atoms. The number of cyclic esters (lactones) is 1.